The van der Waals surface area contributed by atoms with Crippen molar-refractivity contribution in [3.8, 4) is 5.75 Å². The molecule has 0 spiro atoms. The summed E-state index contributed by atoms with van der Waals surface area (Å²) in [5.74, 6) is -0.928. The van der Waals surface area contributed by atoms with E-state index in [4.69, 9.17) is 4.74 Å². The molecule has 0 unspecified atom stereocenters. The summed E-state index contributed by atoms with van der Waals surface area (Å²) in [5, 5.41) is 2.21. The quantitative estimate of drug-likeness (QED) is 0.503. The normalized spacial score (nSPS) is 15.7. The number of carbonyl (C=O) groups excluding carboxylic acids is 3. The Labute approximate surface area is 156 Å². The summed E-state index contributed by atoms with van der Waals surface area (Å²) in [6.07, 6.45) is 3.02. The van der Waals surface area contributed by atoms with Crippen molar-refractivity contribution in [1.82, 2.24) is 5.32 Å². The fourth-order valence-corrected chi connectivity index (χ4v) is 2.62. The summed E-state index contributed by atoms with van der Waals surface area (Å²) in [5.41, 5.74) is 1.78. The third kappa shape index (κ3) is 3.79. The average Bonchev–Trinajstić information content (AvgIpc) is 2.65. The van der Waals surface area contributed by atoms with Crippen LogP contribution in [0.4, 0.5) is 10.5 Å². The molecule has 0 aliphatic carbocycles. The molecular formula is C21H18N2O4. The predicted molar refractivity (Wildman–Crippen MR) is 102 cm³/mol. The number of anilines is 1. The number of barbiturate groups is 1. The average molecular weight is 362 g/mol. The Bertz CT molecular complexity index is 945. The van der Waals surface area contributed by atoms with Crippen molar-refractivity contribution in [1.29, 1.82) is 0 Å². The van der Waals surface area contributed by atoms with E-state index in [9.17, 15) is 14.4 Å². The molecule has 136 valence electrons. The molecular weight excluding hydrogens is 344 g/mol. The van der Waals surface area contributed by atoms with Gasteiger partial charge in [-0.1, -0.05) is 48.6 Å². The molecule has 4 amide bonds. The van der Waals surface area contributed by atoms with Gasteiger partial charge in [-0.3, -0.25) is 14.9 Å². The molecule has 1 N–H and O–H groups in total. The fourth-order valence-electron chi connectivity index (χ4n) is 2.62. The lowest BCUT2D eigenvalue weighted by atomic mass is 10.1. The molecule has 0 atom stereocenters. The van der Waals surface area contributed by atoms with E-state index in [-0.39, 0.29) is 12.2 Å². The first-order valence-electron chi connectivity index (χ1n) is 8.32. The molecule has 27 heavy (non-hydrogen) atoms. The summed E-state index contributed by atoms with van der Waals surface area (Å²) < 4.78 is 5.56. The van der Waals surface area contributed by atoms with E-state index < -0.39 is 17.8 Å². The number of rotatable bonds is 5. The van der Waals surface area contributed by atoms with Crippen molar-refractivity contribution in [3.63, 3.8) is 0 Å². The van der Waals surface area contributed by atoms with Gasteiger partial charge in [0.15, 0.2) is 0 Å². The van der Waals surface area contributed by atoms with Crippen molar-refractivity contribution in [3.05, 3.63) is 77.9 Å². The molecule has 6 heteroatoms. The molecule has 2 aromatic carbocycles. The van der Waals surface area contributed by atoms with Gasteiger partial charge in [0.25, 0.3) is 11.8 Å². The smallest absolute Gasteiger partial charge is 0.335 e. The van der Waals surface area contributed by atoms with Gasteiger partial charge in [0.05, 0.1) is 5.69 Å². The largest absolute Gasteiger partial charge is 0.489 e. The lowest BCUT2D eigenvalue weighted by molar-refractivity contribution is -0.122. The summed E-state index contributed by atoms with van der Waals surface area (Å²) in [6, 6.07) is 13.1. The van der Waals surface area contributed by atoms with Crippen molar-refractivity contribution < 1.29 is 19.1 Å². The highest BCUT2D eigenvalue weighted by Crippen LogP contribution is 2.25. The Morgan fingerprint density at radius 2 is 1.78 bits per heavy atom. The SMILES string of the molecule is C=CCOc1ccccc1/C=C1\C(=O)NC(=O)N(c2ccc(C)cc2)C1=O. The number of para-hydroxylation sites is 1. The van der Waals surface area contributed by atoms with Gasteiger partial charge in [-0.25, -0.2) is 9.69 Å². The third-order valence-corrected chi connectivity index (χ3v) is 3.97. The Kier molecular flexibility index (Phi) is 5.17. The molecule has 1 aliphatic heterocycles. The van der Waals surface area contributed by atoms with E-state index in [0.717, 1.165) is 10.5 Å². The maximum absolute atomic E-state index is 12.9. The van der Waals surface area contributed by atoms with E-state index >= 15 is 0 Å². The van der Waals surface area contributed by atoms with Crippen LogP contribution in [0.15, 0.2) is 66.8 Å². The van der Waals surface area contributed by atoms with Crippen LogP contribution < -0.4 is 15.0 Å². The van der Waals surface area contributed by atoms with Crippen LogP contribution in [-0.4, -0.2) is 24.5 Å². The zero-order valence-electron chi connectivity index (χ0n) is 14.8. The number of urea groups is 1. The first-order chi connectivity index (χ1) is 13.0. The highest BCUT2D eigenvalue weighted by Gasteiger charge is 2.36. The van der Waals surface area contributed by atoms with Gasteiger partial charge >= 0.3 is 6.03 Å². The molecule has 3 rings (SSSR count). The monoisotopic (exact) mass is 362 g/mol. The molecule has 0 bridgehead atoms. The van der Waals surface area contributed by atoms with Crippen LogP contribution in [0, 0.1) is 6.92 Å². The lowest BCUT2D eigenvalue weighted by Gasteiger charge is -2.26. The summed E-state index contributed by atoms with van der Waals surface area (Å²) in [6.45, 7) is 5.79. The first kappa shape index (κ1) is 18.1. The topological polar surface area (TPSA) is 75.7 Å². The van der Waals surface area contributed by atoms with Crippen LogP contribution in [-0.2, 0) is 9.59 Å². The molecule has 1 fully saturated rings. The van der Waals surface area contributed by atoms with Crippen LogP contribution in [0.1, 0.15) is 11.1 Å². The summed E-state index contributed by atoms with van der Waals surface area (Å²) in [4.78, 5) is 38.3. The number of nitrogens with one attached hydrogen (secondary N) is 1. The summed E-state index contributed by atoms with van der Waals surface area (Å²) in [7, 11) is 0. The number of nitrogens with zero attached hydrogens (tertiary/aromatic N) is 1. The van der Waals surface area contributed by atoms with Gasteiger partial charge < -0.3 is 4.74 Å². The maximum Gasteiger partial charge on any atom is 0.335 e. The minimum Gasteiger partial charge on any atom is -0.489 e. The van der Waals surface area contributed by atoms with Gasteiger partial charge in [0.1, 0.15) is 17.9 Å². The van der Waals surface area contributed by atoms with E-state index in [2.05, 4.69) is 11.9 Å². The van der Waals surface area contributed by atoms with Gasteiger partial charge in [-0.15, -0.1) is 0 Å². The number of hydrogen-bond acceptors (Lipinski definition) is 4. The molecule has 6 nitrogen and oxygen atoms in total. The molecule has 0 aromatic heterocycles. The Morgan fingerprint density at radius 3 is 2.48 bits per heavy atom. The van der Waals surface area contributed by atoms with Crippen LogP contribution >= 0.6 is 0 Å². The zero-order valence-corrected chi connectivity index (χ0v) is 14.8. The number of imide groups is 2. The van der Waals surface area contributed by atoms with Crippen molar-refractivity contribution in [2.45, 2.75) is 6.92 Å². The van der Waals surface area contributed by atoms with Crippen LogP contribution in [0.2, 0.25) is 0 Å². The van der Waals surface area contributed by atoms with Gasteiger partial charge in [-0.05, 0) is 31.2 Å². The minimum atomic E-state index is -0.776. The Morgan fingerprint density at radius 1 is 1.07 bits per heavy atom. The molecule has 2 aromatic rings. The second-order valence-electron chi connectivity index (χ2n) is 5.93. The second kappa shape index (κ2) is 7.70. The molecule has 0 radical (unpaired) electrons. The van der Waals surface area contributed by atoms with Crippen LogP contribution in [0.3, 0.4) is 0 Å². The maximum atomic E-state index is 12.9. The van der Waals surface area contributed by atoms with E-state index in [1.165, 1.54) is 6.08 Å². The number of benzene rings is 2. The van der Waals surface area contributed by atoms with Gasteiger partial charge in [0, 0.05) is 5.56 Å². The predicted octanol–water partition coefficient (Wildman–Crippen LogP) is 3.23. The summed E-state index contributed by atoms with van der Waals surface area (Å²) >= 11 is 0. The van der Waals surface area contributed by atoms with E-state index in [0.29, 0.717) is 17.0 Å². The van der Waals surface area contributed by atoms with Gasteiger partial charge in [-0.2, -0.15) is 0 Å². The Hall–Kier alpha value is -3.67. The number of carbonyl (C=O) groups is 3. The van der Waals surface area contributed by atoms with E-state index in [1.807, 2.05) is 6.92 Å². The van der Waals surface area contributed by atoms with Crippen molar-refractivity contribution >= 4 is 29.6 Å². The second-order valence-corrected chi connectivity index (χ2v) is 5.93. The highest BCUT2D eigenvalue weighted by atomic mass is 16.5. The first-order valence-corrected chi connectivity index (χ1v) is 8.32. The van der Waals surface area contributed by atoms with Crippen LogP contribution in [0.25, 0.3) is 6.08 Å². The number of amides is 4. The van der Waals surface area contributed by atoms with Crippen molar-refractivity contribution in [2.24, 2.45) is 0 Å². The number of ether oxygens (including phenoxy) is 1. The fraction of sp³-hybridized carbons (Fsp3) is 0.0952. The van der Waals surface area contributed by atoms with E-state index in [1.54, 1.807) is 54.6 Å². The number of aryl methyl sites for hydroxylation is 1. The Balaban J connectivity index is 2.00. The van der Waals surface area contributed by atoms with Gasteiger partial charge in [0.2, 0.25) is 0 Å². The minimum absolute atomic E-state index is 0.148. The lowest BCUT2D eigenvalue weighted by Crippen LogP contribution is -2.54. The van der Waals surface area contributed by atoms with Crippen LogP contribution in [0.5, 0.6) is 5.75 Å². The molecule has 1 saturated heterocycles. The highest BCUT2D eigenvalue weighted by molar-refractivity contribution is 6.39. The van der Waals surface area contributed by atoms with Crippen molar-refractivity contribution in [2.75, 3.05) is 11.5 Å². The molecule has 1 heterocycles. The standard InChI is InChI=1S/C21H18N2O4/c1-3-12-27-18-7-5-4-6-15(18)13-17-19(24)22-21(26)23(20(17)25)16-10-8-14(2)9-11-16/h3-11,13H,1,12H2,2H3,(H,22,24,26)/b17-13+. The molecule has 1 aliphatic rings. The molecule has 0 saturated carbocycles. The zero-order chi connectivity index (χ0) is 19.4. The number of hydrogen-bond donors (Lipinski definition) is 1. The third-order valence-electron chi connectivity index (χ3n) is 3.97.